The summed E-state index contributed by atoms with van der Waals surface area (Å²) in [6.07, 6.45) is 2.30. The first-order valence-electron chi connectivity index (χ1n) is 10.6. The number of nitrogens with zero attached hydrogens (tertiary/aromatic N) is 6. The minimum Gasteiger partial charge on any atom is -0.259 e. The number of fused-ring (bicyclic) bond motifs is 1. The van der Waals surface area contributed by atoms with Gasteiger partial charge in [0.05, 0.1) is 28.4 Å². The molecule has 0 unspecified atom stereocenters. The fraction of sp³-hybridized carbons (Fsp3) is 0.261. The van der Waals surface area contributed by atoms with E-state index in [0.717, 1.165) is 29.8 Å². The zero-order valence-corrected chi connectivity index (χ0v) is 19.1. The van der Waals surface area contributed by atoms with E-state index in [0.29, 0.717) is 22.2 Å². The average Bonchev–Trinajstić information content (AvgIpc) is 3.54. The summed E-state index contributed by atoms with van der Waals surface area (Å²) in [6.45, 7) is 1.48. The summed E-state index contributed by atoms with van der Waals surface area (Å²) in [5.41, 5.74) is 0.132. The van der Waals surface area contributed by atoms with Gasteiger partial charge in [0.15, 0.2) is 15.7 Å². The number of pyridine rings is 3. The zero-order valence-electron chi connectivity index (χ0n) is 18.3. The highest BCUT2D eigenvalue weighted by atomic mass is 32.2. The molecule has 35 heavy (non-hydrogen) atoms. The number of hydrogen-bond donors (Lipinski definition) is 0. The predicted octanol–water partition coefficient (Wildman–Crippen LogP) is 4.25. The van der Waals surface area contributed by atoms with E-state index in [1.165, 1.54) is 25.4 Å². The van der Waals surface area contributed by atoms with E-state index in [2.05, 4.69) is 26.1 Å². The van der Waals surface area contributed by atoms with Crippen LogP contribution in [0.25, 0.3) is 27.8 Å². The highest BCUT2D eigenvalue weighted by Crippen LogP contribution is 2.46. The van der Waals surface area contributed by atoms with Crippen LogP contribution in [0.1, 0.15) is 31.2 Å². The molecule has 0 amide bonds. The lowest BCUT2D eigenvalue weighted by atomic mass is 10.0. The zero-order chi connectivity index (χ0) is 25.0. The van der Waals surface area contributed by atoms with E-state index >= 15 is 0 Å². The Balaban J connectivity index is 1.59. The highest BCUT2D eigenvalue weighted by Gasteiger charge is 2.46. The summed E-state index contributed by atoms with van der Waals surface area (Å²) in [7, 11) is -3.78. The van der Waals surface area contributed by atoms with Crippen LogP contribution >= 0.6 is 0 Å². The summed E-state index contributed by atoms with van der Waals surface area (Å²) in [5, 5.41) is 13.8. The highest BCUT2D eigenvalue weighted by molar-refractivity contribution is 7.91. The molecule has 1 fully saturated rings. The van der Waals surface area contributed by atoms with Crippen molar-refractivity contribution in [3.8, 4) is 23.0 Å². The smallest absolute Gasteiger partial charge is 0.259 e. The SMILES string of the molecule is CCS(=O)(=O)c1cc(-c2ccc(C3(C#N)CC3)nc2)cnc1-n1cc2cnc(C(F)(F)F)cc2n1. The average molecular weight is 498 g/mol. The Kier molecular flexibility index (Phi) is 5.14. The summed E-state index contributed by atoms with van der Waals surface area (Å²) in [6, 6.07) is 8.03. The molecular formula is C23H17F3N6O2S. The summed E-state index contributed by atoms with van der Waals surface area (Å²) < 4.78 is 66.0. The molecule has 0 radical (unpaired) electrons. The second-order valence-electron chi connectivity index (χ2n) is 8.27. The maximum absolute atomic E-state index is 13.0. The molecule has 8 nitrogen and oxygen atoms in total. The van der Waals surface area contributed by atoms with E-state index < -0.39 is 27.1 Å². The number of sulfone groups is 1. The molecule has 0 atom stereocenters. The molecule has 4 heterocycles. The Morgan fingerprint density at radius 3 is 2.43 bits per heavy atom. The van der Waals surface area contributed by atoms with Gasteiger partial charge in [0.1, 0.15) is 10.6 Å². The molecule has 1 aliphatic rings. The Labute approximate surface area is 198 Å². The monoisotopic (exact) mass is 498 g/mol. The standard InChI is InChI=1S/C23H17F3N6O2S/c1-2-35(33,34)18-7-15(14-3-4-19(28-9-14)22(13-27)5-6-22)10-30-21(18)32-12-16-11-29-20(23(24,25)26)8-17(16)31-32/h3-4,7-12H,2,5-6H2,1H3. The van der Waals surface area contributed by atoms with E-state index in [1.807, 2.05) is 0 Å². The van der Waals surface area contributed by atoms with Gasteiger partial charge in [0.25, 0.3) is 0 Å². The van der Waals surface area contributed by atoms with Gasteiger partial charge in [-0.2, -0.15) is 23.5 Å². The normalized spacial score (nSPS) is 15.2. The Bertz CT molecular complexity index is 1600. The summed E-state index contributed by atoms with van der Waals surface area (Å²) in [5.74, 6) is -0.250. The van der Waals surface area contributed by atoms with Crippen molar-refractivity contribution in [3.63, 3.8) is 0 Å². The van der Waals surface area contributed by atoms with E-state index in [-0.39, 0.29) is 22.0 Å². The van der Waals surface area contributed by atoms with Crippen LogP contribution in [-0.4, -0.2) is 38.9 Å². The van der Waals surface area contributed by atoms with Crippen LogP contribution in [0.5, 0.6) is 0 Å². The minimum atomic E-state index is -4.63. The van der Waals surface area contributed by atoms with Crippen molar-refractivity contribution in [2.75, 3.05) is 5.75 Å². The van der Waals surface area contributed by atoms with Gasteiger partial charge in [-0.25, -0.2) is 18.1 Å². The van der Waals surface area contributed by atoms with Crippen molar-refractivity contribution >= 4 is 20.7 Å². The van der Waals surface area contributed by atoms with Crippen LogP contribution in [0.2, 0.25) is 0 Å². The molecule has 0 bridgehead atoms. The van der Waals surface area contributed by atoms with E-state index in [1.54, 1.807) is 18.3 Å². The van der Waals surface area contributed by atoms with Gasteiger partial charge in [-0.3, -0.25) is 9.97 Å². The van der Waals surface area contributed by atoms with Gasteiger partial charge < -0.3 is 0 Å². The third-order valence-corrected chi connectivity index (χ3v) is 7.73. The molecule has 4 aromatic rings. The van der Waals surface area contributed by atoms with Crippen molar-refractivity contribution in [3.05, 3.63) is 60.4 Å². The maximum Gasteiger partial charge on any atom is 0.433 e. The van der Waals surface area contributed by atoms with Gasteiger partial charge in [-0.1, -0.05) is 13.0 Å². The van der Waals surface area contributed by atoms with Crippen LogP contribution in [0.3, 0.4) is 0 Å². The number of halogens is 3. The molecule has 0 spiro atoms. The molecule has 4 aromatic heterocycles. The fourth-order valence-electron chi connectivity index (χ4n) is 3.73. The van der Waals surface area contributed by atoms with Crippen molar-refractivity contribution < 1.29 is 21.6 Å². The summed E-state index contributed by atoms with van der Waals surface area (Å²) in [4.78, 5) is 12.0. The molecule has 0 aliphatic heterocycles. The van der Waals surface area contributed by atoms with Crippen molar-refractivity contribution in [1.29, 1.82) is 5.26 Å². The Morgan fingerprint density at radius 2 is 1.83 bits per heavy atom. The molecule has 5 rings (SSSR count). The third kappa shape index (κ3) is 4.01. The first kappa shape index (κ1) is 22.9. The van der Waals surface area contributed by atoms with Crippen LogP contribution in [0.15, 0.2) is 53.9 Å². The molecule has 178 valence electrons. The molecule has 0 aromatic carbocycles. The first-order valence-corrected chi connectivity index (χ1v) is 12.3. The molecule has 0 N–H and O–H groups in total. The van der Waals surface area contributed by atoms with E-state index in [9.17, 15) is 26.9 Å². The Hall–Kier alpha value is -3.85. The number of nitriles is 1. The molecule has 1 saturated carbocycles. The summed E-state index contributed by atoms with van der Waals surface area (Å²) >= 11 is 0. The number of aromatic nitrogens is 5. The van der Waals surface area contributed by atoms with E-state index in [4.69, 9.17) is 0 Å². The van der Waals surface area contributed by atoms with Crippen LogP contribution in [-0.2, 0) is 21.4 Å². The Morgan fingerprint density at radius 1 is 1.09 bits per heavy atom. The number of rotatable bonds is 5. The van der Waals surface area contributed by atoms with Crippen LogP contribution in [0.4, 0.5) is 13.2 Å². The maximum atomic E-state index is 13.0. The topological polar surface area (TPSA) is 114 Å². The minimum absolute atomic E-state index is 0.00401. The molecule has 12 heteroatoms. The van der Waals surface area contributed by atoms with Crippen LogP contribution in [0, 0.1) is 11.3 Å². The largest absolute Gasteiger partial charge is 0.433 e. The molecule has 0 saturated heterocycles. The quantitative estimate of drug-likeness (QED) is 0.404. The number of alkyl halides is 3. The third-order valence-electron chi connectivity index (χ3n) is 6.00. The predicted molar refractivity (Wildman–Crippen MR) is 119 cm³/mol. The van der Waals surface area contributed by atoms with Gasteiger partial charge in [-0.05, 0) is 31.0 Å². The first-order chi connectivity index (χ1) is 16.6. The lowest BCUT2D eigenvalue weighted by molar-refractivity contribution is -0.141. The van der Waals surface area contributed by atoms with Gasteiger partial charge in [-0.15, -0.1) is 0 Å². The number of hydrogen-bond acceptors (Lipinski definition) is 7. The lowest BCUT2D eigenvalue weighted by Crippen LogP contribution is -2.11. The van der Waals surface area contributed by atoms with Gasteiger partial charge in [0, 0.05) is 41.3 Å². The molecule has 1 aliphatic carbocycles. The lowest BCUT2D eigenvalue weighted by Gasteiger charge is -2.11. The van der Waals surface area contributed by atoms with Crippen molar-refractivity contribution in [2.24, 2.45) is 0 Å². The molecular weight excluding hydrogens is 481 g/mol. The van der Waals surface area contributed by atoms with Crippen molar-refractivity contribution in [2.45, 2.75) is 36.3 Å². The second kappa shape index (κ2) is 7.84. The van der Waals surface area contributed by atoms with Crippen LogP contribution < -0.4 is 0 Å². The second-order valence-corrected chi connectivity index (χ2v) is 10.5. The fourth-order valence-corrected chi connectivity index (χ4v) is 4.77. The van der Waals surface area contributed by atoms with Gasteiger partial charge in [0.2, 0.25) is 0 Å². The van der Waals surface area contributed by atoms with Crippen molar-refractivity contribution in [1.82, 2.24) is 24.7 Å². The van der Waals surface area contributed by atoms with Gasteiger partial charge >= 0.3 is 6.18 Å².